The SMILES string of the molecule is C/C=C/C=C/CCCC/C=C/C(=O)[C@@H]1C(=O)N2CC[C@H]3C(=O)O[C@@H]1[C@]32O. The normalized spacial score (nSPS) is 33.2. The fourth-order valence-corrected chi connectivity index (χ4v) is 4.06. The van der Waals surface area contributed by atoms with Crippen molar-refractivity contribution in [1.29, 1.82) is 0 Å². The minimum Gasteiger partial charge on any atom is -0.455 e. The van der Waals surface area contributed by atoms with E-state index in [1.165, 1.54) is 11.0 Å². The Kier molecular flexibility index (Phi) is 5.41. The first-order chi connectivity index (χ1) is 12.5. The lowest BCUT2D eigenvalue weighted by Crippen LogP contribution is -2.48. The number of esters is 1. The minimum atomic E-state index is -1.64. The van der Waals surface area contributed by atoms with E-state index in [-0.39, 0.29) is 0 Å². The monoisotopic (exact) mass is 359 g/mol. The van der Waals surface area contributed by atoms with Crippen LogP contribution in [-0.4, -0.2) is 46.0 Å². The zero-order chi connectivity index (χ0) is 18.7. The highest BCUT2D eigenvalue weighted by Crippen LogP contribution is 2.51. The highest BCUT2D eigenvalue weighted by Gasteiger charge is 2.73. The Morgan fingerprint density at radius 2 is 2.00 bits per heavy atom. The maximum Gasteiger partial charge on any atom is 0.314 e. The van der Waals surface area contributed by atoms with Crippen molar-refractivity contribution in [3.63, 3.8) is 0 Å². The summed E-state index contributed by atoms with van der Waals surface area (Å²) in [5, 5.41) is 10.8. The van der Waals surface area contributed by atoms with Gasteiger partial charge in [0.05, 0.1) is 0 Å². The summed E-state index contributed by atoms with van der Waals surface area (Å²) >= 11 is 0. The number of nitrogens with zero attached hydrogens (tertiary/aromatic N) is 1. The van der Waals surface area contributed by atoms with Gasteiger partial charge in [-0.3, -0.25) is 14.4 Å². The minimum absolute atomic E-state index is 0.291. The van der Waals surface area contributed by atoms with Crippen molar-refractivity contribution in [2.75, 3.05) is 6.54 Å². The number of carbonyl (C=O) groups is 3. The van der Waals surface area contributed by atoms with E-state index in [4.69, 9.17) is 4.74 Å². The van der Waals surface area contributed by atoms with Crippen molar-refractivity contribution in [2.45, 2.75) is 50.9 Å². The highest BCUT2D eigenvalue weighted by atomic mass is 16.6. The summed E-state index contributed by atoms with van der Waals surface area (Å²) in [7, 11) is 0. The van der Waals surface area contributed by atoms with Crippen molar-refractivity contribution < 1.29 is 24.2 Å². The molecule has 0 bridgehead atoms. The average Bonchev–Trinajstić information content (AvgIpc) is 3.16. The van der Waals surface area contributed by atoms with Crippen molar-refractivity contribution in [3.8, 4) is 0 Å². The van der Waals surface area contributed by atoms with Gasteiger partial charge in [0, 0.05) is 6.54 Å². The number of amides is 1. The second-order valence-electron chi connectivity index (χ2n) is 6.99. The lowest BCUT2D eigenvalue weighted by molar-refractivity contribution is -0.148. The maximum absolute atomic E-state index is 12.5. The third-order valence-corrected chi connectivity index (χ3v) is 5.39. The number of unbranched alkanes of at least 4 members (excludes halogenated alkanes) is 3. The molecule has 0 aromatic carbocycles. The highest BCUT2D eigenvalue weighted by molar-refractivity contribution is 6.10. The van der Waals surface area contributed by atoms with Gasteiger partial charge in [0.1, 0.15) is 11.8 Å². The third kappa shape index (κ3) is 3.03. The first-order valence-corrected chi connectivity index (χ1v) is 9.24. The molecular formula is C20H25NO5. The van der Waals surface area contributed by atoms with Gasteiger partial charge in [0.15, 0.2) is 17.6 Å². The second kappa shape index (κ2) is 7.58. The molecule has 0 aromatic heterocycles. The second-order valence-corrected chi connectivity index (χ2v) is 6.99. The number of allylic oxidation sites excluding steroid dienone is 6. The van der Waals surface area contributed by atoms with E-state index in [2.05, 4.69) is 6.08 Å². The first-order valence-electron chi connectivity index (χ1n) is 9.24. The van der Waals surface area contributed by atoms with E-state index in [9.17, 15) is 19.5 Å². The van der Waals surface area contributed by atoms with Crippen molar-refractivity contribution in [3.05, 3.63) is 36.5 Å². The summed E-state index contributed by atoms with van der Waals surface area (Å²) in [5.41, 5.74) is -1.64. The van der Waals surface area contributed by atoms with Gasteiger partial charge < -0.3 is 14.7 Å². The van der Waals surface area contributed by atoms with Gasteiger partial charge >= 0.3 is 5.97 Å². The van der Waals surface area contributed by atoms with E-state index in [0.717, 1.165) is 25.7 Å². The molecule has 0 unspecified atom stereocenters. The van der Waals surface area contributed by atoms with Crippen LogP contribution >= 0.6 is 0 Å². The van der Waals surface area contributed by atoms with E-state index in [1.807, 2.05) is 25.2 Å². The van der Waals surface area contributed by atoms with Crippen LogP contribution in [0.2, 0.25) is 0 Å². The van der Waals surface area contributed by atoms with Crippen LogP contribution in [0.15, 0.2) is 36.5 Å². The smallest absolute Gasteiger partial charge is 0.314 e. The number of ketones is 1. The average molecular weight is 359 g/mol. The van der Waals surface area contributed by atoms with E-state index in [1.54, 1.807) is 6.08 Å². The predicted molar refractivity (Wildman–Crippen MR) is 94.7 cm³/mol. The Bertz CT molecular complexity index is 680. The molecule has 3 rings (SSSR count). The predicted octanol–water partition coefficient (Wildman–Crippen LogP) is 1.90. The summed E-state index contributed by atoms with van der Waals surface area (Å²) in [6.07, 6.45) is 14.2. The Labute approximate surface area is 153 Å². The topological polar surface area (TPSA) is 83.9 Å². The standard InChI is InChI=1S/C20H25NO5/c1-2-3-4-5-6-7-8-9-10-11-15(22)16-17-20(25)14(19(24)26-17)12-13-21(20)18(16)23/h2-5,10-11,14,16-17,25H,6-9,12-13H2,1H3/b3-2+,5-4+,11-10+/t14-,16-,17-,20+/m0/s1. The van der Waals surface area contributed by atoms with Crippen molar-refractivity contribution in [1.82, 2.24) is 4.90 Å². The zero-order valence-corrected chi connectivity index (χ0v) is 15.0. The molecule has 3 aliphatic heterocycles. The molecule has 0 saturated carbocycles. The van der Waals surface area contributed by atoms with E-state index >= 15 is 0 Å². The Morgan fingerprint density at radius 3 is 2.73 bits per heavy atom. The molecule has 3 aliphatic rings. The van der Waals surface area contributed by atoms with E-state index < -0.39 is 41.3 Å². The van der Waals surface area contributed by atoms with Gasteiger partial charge in [0.2, 0.25) is 5.91 Å². The molecule has 1 amide bonds. The summed E-state index contributed by atoms with van der Waals surface area (Å²) in [6, 6.07) is 0. The van der Waals surface area contributed by atoms with Crippen LogP contribution in [0.5, 0.6) is 0 Å². The van der Waals surface area contributed by atoms with Crippen LogP contribution in [0, 0.1) is 11.8 Å². The van der Waals surface area contributed by atoms with Crippen LogP contribution in [0.25, 0.3) is 0 Å². The third-order valence-electron chi connectivity index (χ3n) is 5.39. The van der Waals surface area contributed by atoms with Gasteiger partial charge in [-0.15, -0.1) is 0 Å². The molecule has 1 N–H and O–H groups in total. The fraction of sp³-hybridized carbons (Fsp3) is 0.550. The molecule has 6 heteroatoms. The Balaban J connectivity index is 1.52. The van der Waals surface area contributed by atoms with Gasteiger partial charge in [-0.05, 0) is 45.1 Å². The molecule has 0 aromatic rings. The van der Waals surface area contributed by atoms with Gasteiger partial charge in [-0.1, -0.05) is 30.4 Å². The molecule has 0 radical (unpaired) electrons. The molecule has 0 aliphatic carbocycles. The lowest BCUT2D eigenvalue weighted by Gasteiger charge is -2.26. The van der Waals surface area contributed by atoms with Gasteiger partial charge in [0.25, 0.3) is 0 Å². The summed E-state index contributed by atoms with van der Waals surface area (Å²) in [4.78, 5) is 38.1. The number of rotatable bonds is 8. The molecule has 0 spiro atoms. The molecule has 140 valence electrons. The van der Waals surface area contributed by atoms with Crippen LogP contribution in [0.1, 0.15) is 39.0 Å². The summed E-state index contributed by atoms with van der Waals surface area (Å²) < 4.78 is 5.20. The molecule has 3 fully saturated rings. The Hall–Kier alpha value is -2.21. The molecule has 6 nitrogen and oxygen atoms in total. The number of hydrogen-bond donors (Lipinski definition) is 1. The molecule has 26 heavy (non-hydrogen) atoms. The Morgan fingerprint density at radius 1 is 1.27 bits per heavy atom. The number of aliphatic hydroxyl groups is 1. The van der Waals surface area contributed by atoms with Crippen LogP contribution in [-0.2, 0) is 19.1 Å². The van der Waals surface area contributed by atoms with Crippen LogP contribution in [0.4, 0.5) is 0 Å². The molecule has 3 heterocycles. The van der Waals surface area contributed by atoms with Crippen LogP contribution in [0.3, 0.4) is 0 Å². The fourth-order valence-electron chi connectivity index (χ4n) is 4.06. The largest absolute Gasteiger partial charge is 0.455 e. The van der Waals surface area contributed by atoms with Gasteiger partial charge in [-0.25, -0.2) is 0 Å². The first kappa shape index (κ1) is 18.6. The quantitative estimate of drug-likeness (QED) is 0.235. The molecule has 3 saturated heterocycles. The van der Waals surface area contributed by atoms with Crippen molar-refractivity contribution in [2.24, 2.45) is 11.8 Å². The zero-order valence-electron chi connectivity index (χ0n) is 15.0. The molecule has 4 atom stereocenters. The number of carbonyl (C=O) groups excluding carboxylic acids is 3. The number of hydrogen-bond acceptors (Lipinski definition) is 5. The summed E-state index contributed by atoms with van der Waals surface area (Å²) in [5.74, 6) is -3.19. The van der Waals surface area contributed by atoms with Gasteiger partial charge in [-0.2, -0.15) is 0 Å². The number of ether oxygens (including phenoxy) is 1. The van der Waals surface area contributed by atoms with Crippen LogP contribution < -0.4 is 0 Å². The molecular weight excluding hydrogens is 334 g/mol. The maximum atomic E-state index is 12.5. The van der Waals surface area contributed by atoms with Crippen molar-refractivity contribution >= 4 is 17.7 Å². The van der Waals surface area contributed by atoms with E-state index in [0.29, 0.717) is 13.0 Å². The summed E-state index contributed by atoms with van der Waals surface area (Å²) in [6.45, 7) is 2.26. The lowest BCUT2D eigenvalue weighted by atomic mass is 9.89.